The molecule has 0 amide bonds. The molecule has 0 saturated heterocycles. The zero-order valence-corrected chi connectivity index (χ0v) is 10.9. The summed E-state index contributed by atoms with van der Waals surface area (Å²) in [6.45, 7) is 1.73. The highest BCUT2D eigenvalue weighted by molar-refractivity contribution is 5.74. The van der Waals surface area contributed by atoms with Gasteiger partial charge in [-0.1, -0.05) is 36.4 Å². The molecule has 0 aliphatic rings. The van der Waals surface area contributed by atoms with Crippen LogP contribution in [0, 0.1) is 12.7 Å². The van der Waals surface area contributed by atoms with Gasteiger partial charge in [0.1, 0.15) is 5.82 Å². The second-order valence-corrected chi connectivity index (χ2v) is 4.42. The standard InChI is InChI=1S/C16H15FO2/c1-11-6-7-14(10-15(11)17)13-5-3-4-12(8-13)9-16(18)19-2/h3-8,10H,9H2,1-2H3. The highest BCUT2D eigenvalue weighted by Crippen LogP contribution is 2.23. The van der Waals surface area contributed by atoms with Gasteiger partial charge in [0.15, 0.2) is 0 Å². The van der Waals surface area contributed by atoms with E-state index in [0.29, 0.717) is 5.56 Å². The Morgan fingerprint density at radius 2 is 1.89 bits per heavy atom. The summed E-state index contributed by atoms with van der Waals surface area (Å²) < 4.78 is 18.2. The van der Waals surface area contributed by atoms with Crippen LogP contribution in [0.4, 0.5) is 4.39 Å². The quantitative estimate of drug-likeness (QED) is 0.787. The Morgan fingerprint density at radius 1 is 1.16 bits per heavy atom. The Kier molecular flexibility index (Phi) is 3.95. The monoisotopic (exact) mass is 258 g/mol. The van der Waals surface area contributed by atoms with Gasteiger partial charge in [-0.2, -0.15) is 0 Å². The van der Waals surface area contributed by atoms with Crippen LogP contribution in [-0.2, 0) is 16.0 Å². The normalized spacial score (nSPS) is 10.3. The van der Waals surface area contributed by atoms with Gasteiger partial charge in [0.2, 0.25) is 0 Å². The Balaban J connectivity index is 2.32. The van der Waals surface area contributed by atoms with Crippen LogP contribution in [0.2, 0.25) is 0 Å². The number of carbonyl (C=O) groups is 1. The van der Waals surface area contributed by atoms with Crippen LogP contribution < -0.4 is 0 Å². The molecule has 0 N–H and O–H groups in total. The first-order valence-corrected chi connectivity index (χ1v) is 6.02. The van der Waals surface area contributed by atoms with E-state index in [4.69, 9.17) is 0 Å². The average Bonchev–Trinajstić information content (AvgIpc) is 2.42. The van der Waals surface area contributed by atoms with Crippen molar-refractivity contribution >= 4 is 5.97 Å². The third kappa shape index (κ3) is 3.19. The molecule has 0 saturated carbocycles. The largest absolute Gasteiger partial charge is 0.469 e. The van der Waals surface area contributed by atoms with E-state index in [1.54, 1.807) is 13.0 Å². The van der Waals surface area contributed by atoms with E-state index in [-0.39, 0.29) is 18.2 Å². The van der Waals surface area contributed by atoms with Gasteiger partial charge in [-0.25, -0.2) is 4.39 Å². The van der Waals surface area contributed by atoms with Crippen molar-refractivity contribution in [1.82, 2.24) is 0 Å². The van der Waals surface area contributed by atoms with Crippen LogP contribution >= 0.6 is 0 Å². The lowest BCUT2D eigenvalue weighted by atomic mass is 10.0. The second kappa shape index (κ2) is 5.65. The average molecular weight is 258 g/mol. The first kappa shape index (κ1) is 13.3. The highest BCUT2D eigenvalue weighted by Gasteiger charge is 2.06. The fourth-order valence-electron chi connectivity index (χ4n) is 1.87. The predicted octanol–water partition coefficient (Wildman–Crippen LogP) is 3.52. The van der Waals surface area contributed by atoms with Gasteiger partial charge in [0.05, 0.1) is 13.5 Å². The summed E-state index contributed by atoms with van der Waals surface area (Å²) in [4.78, 5) is 11.2. The van der Waals surface area contributed by atoms with Crippen LogP contribution in [0.5, 0.6) is 0 Å². The second-order valence-electron chi connectivity index (χ2n) is 4.42. The number of carbonyl (C=O) groups excluding carboxylic acids is 1. The predicted molar refractivity (Wildman–Crippen MR) is 72.3 cm³/mol. The van der Waals surface area contributed by atoms with E-state index in [9.17, 15) is 9.18 Å². The molecule has 0 aromatic heterocycles. The van der Waals surface area contributed by atoms with Gasteiger partial charge in [0.25, 0.3) is 0 Å². The van der Waals surface area contributed by atoms with E-state index in [2.05, 4.69) is 4.74 Å². The Hall–Kier alpha value is -2.16. The molecule has 0 bridgehead atoms. The molecule has 0 spiro atoms. The van der Waals surface area contributed by atoms with Gasteiger partial charge < -0.3 is 4.74 Å². The molecule has 3 heteroatoms. The first-order chi connectivity index (χ1) is 9.10. The minimum absolute atomic E-state index is 0.221. The van der Waals surface area contributed by atoms with E-state index >= 15 is 0 Å². The Morgan fingerprint density at radius 3 is 2.58 bits per heavy atom. The lowest BCUT2D eigenvalue weighted by Crippen LogP contribution is -2.04. The summed E-state index contributed by atoms with van der Waals surface area (Å²) in [5.41, 5.74) is 3.16. The van der Waals surface area contributed by atoms with Gasteiger partial charge in [-0.15, -0.1) is 0 Å². The molecule has 19 heavy (non-hydrogen) atoms. The number of halogens is 1. The van der Waals surface area contributed by atoms with Gasteiger partial charge >= 0.3 is 5.97 Å². The first-order valence-electron chi connectivity index (χ1n) is 6.02. The van der Waals surface area contributed by atoms with Gasteiger partial charge in [-0.3, -0.25) is 4.79 Å². The van der Waals surface area contributed by atoms with E-state index in [1.165, 1.54) is 13.2 Å². The number of aryl methyl sites for hydroxylation is 1. The molecule has 2 nitrogen and oxygen atoms in total. The molecule has 2 rings (SSSR count). The maximum atomic E-state index is 13.6. The number of methoxy groups -OCH3 is 1. The number of ether oxygens (including phenoxy) is 1. The summed E-state index contributed by atoms with van der Waals surface area (Å²) in [6.07, 6.45) is 0.221. The molecular weight excluding hydrogens is 243 g/mol. The van der Waals surface area contributed by atoms with E-state index in [0.717, 1.165) is 16.7 Å². The van der Waals surface area contributed by atoms with Crippen molar-refractivity contribution < 1.29 is 13.9 Å². The van der Waals surface area contributed by atoms with Crippen LogP contribution in [0.25, 0.3) is 11.1 Å². The fourth-order valence-corrected chi connectivity index (χ4v) is 1.87. The smallest absolute Gasteiger partial charge is 0.309 e. The van der Waals surface area contributed by atoms with Crippen molar-refractivity contribution in [3.8, 4) is 11.1 Å². The fraction of sp³-hybridized carbons (Fsp3) is 0.188. The lowest BCUT2D eigenvalue weighted by molar-refractivity contribution is -0.139. The molecular formula is C16H15FO2. The topological polar surface area (TPSA) is 26.3 Å². The highest BCUT2D eigenvalue weighted by atomic mass is 19.1. The zero-order valence-electron chi connectivity index (χ0n) is 10.9. The van der Waals surface area contributed by atoms with Crippen molar-refractivity contribution in [2.75, 3.05) is 7.11 Å². The molecule has 0 radical (unpaired) electrons. The molecule has 98 valence electrons. The molecule has 0 fully saturated rings. The third-order valence-electron chi connectivity index (χ3n) is 3.01. The van der Waals surface area contributed by atoms with Crippen LogP contribution in [0.1, 0.15) is 11.1 Å². The van der Waals surface area contributed by atoms with Crippen molar-refractivity contribution in [2.45, 2.75) is 13.3 Å². The maximum Gasteiger partial charge on any atom is 0.309 e. The molecule has 0 heterocycles. The third-order valence-corrected chi connectivity index (χ3v) is 3.01. The van der Waals surface area contributed by atoms with Gasteiger partial charge in [-0.05, 0) is 35.2 Å². The number of hydrogen-bond acceptors (Lipinski definition) is 2. The number of rotatable bonds is 3. The number of esters is 1. The molecule has 0 aliphatic heterocycles. The summed E-state index contributed by atoms with van der Waals surface area (Å²) in [7, 11) is 1.36. The summed E-state index contributed by atoms with van der Waals surface area (Å²) in [5, 5.41) is 0. The van der Waals surface area contributed by atoms with Crippen molar-refractivity contribution in [3.63, 3.8) is 0 Å². The zero-order chi connectivity index (χ0) is 13.8. The maximum absolute atomic E-state index is 13.6. The minimum Gasteiger partial charge on any atom is -0.469 e. The Bertz CT molecular complexity index is 605. The SMILES string of the molecule is COC(=O)Cc1cccc(-c2ccc(C)c(F)c2)c1. The van der Waals surface area contributed by atoms with Crippen molar-refractivity contribution in [2.24, 2.45) is 0 Å². The minimum atomic E-state index is -0.285. The van der Waals surface area contributed by atoms with Crippen LogP contribution in [0.3, 0.4) is 0 Å². The van der Waals surface area contributed by atoms with Gasteiger partial charge in [0, 0.05) is 0 Å². The van der Waals surface area contributed by atoms with E-state index in [1.807, 2.05) is 30.3 Å². The molecule has 0 unspecified atom stereocenters. The number of benzene rings is 2. The van der Waals surface area contributed by atoms with Crippen LogP contribution in [-0.4, -0.2) is 13.1 Å². The summed E-state index contributed by atoms with van der Waals surface area (Å²) in [5.74, 6) is -0.511. The molecule has 2 aromatic carbocycles. The molecule has 0 aliphatic carbocycles. The molecule has 2 aromatic rings. The summed E-state index contributed by atoms with van der Waals surface area (Å²) in [6, 6.07) is 12.6. The Labute approximate surface area is 111 Å². The molecule has 0 atom stereocenters. The lowest BCUT2D eigenvalue weighted by Gasteiger charge is -2.06. The van der Waals surface area contributed by atoms with E-state index < -0.39 is 0 Å². The van der Waals surface area contributed by atoms with Crippen molar-refractivity contribution in [3.05, 3.63) is 59.4 Å². The van der Waals surface area contributed by atoms with Crippen molar-refractivity contribution in [1.29, 1.82) is 0 Å². The number of hydrogen-bond donors (Lipinski definition) is 0. The van der Waals surface area contributed by atoms with Crippen LogP contribution in [0.15, 0.2) is 42.5 Å². The summed E-state index contributed by atoms with van der Waals surface area (Å²) >= 11 is 0.